The van der Waals surface area contributed by atoms with Gasteiger partial charge in [-0.1, -0.05) is 37.3 Å². The summed E-state index contributed by atoms with van der Waals surface area (Å²) in [5, 5.41) is 0. The van der Waals surface area contributed by atoms with Crippen LogP contribution in [0.3, 0.4) is 0 Å². The molecule has 0 saturated carbocycles. The molecular weight excluding hydrogens is 359 g/mol. The molecule has 1 saturated heterocycles. The van der Waals surface area contributed by atoms with Gasteiger partial charge in [-0.15, -0.1) is 0 Å². The van der Waals surface area contributed by atoms with Gasteiger partial charge in [0, 0.05) is 32.1 Å². The predicted octanol–water partition coefficient (Wildman–Crippen LogP) is 3.00. The Morgan fingerprint density at radius 1 is 1.00 bits per heavy atom. The Bertz CT molecular complexity index is 847. The molecule has 1 fully saturated rings. The monoisotopic (exact) mass is 384 g/mol. The van der Waals surface area contributed by atoms with Gasteiger partial charge in [-0.05, 0) is 30.2 Å². The quantitative estimate of drug-likeness (QED) is 0.796. The third kappa shape index (κ3) is 4.32. The van der Waals surface area contributed by atoms with E-state index in [4.69, 9.17) is 4.74 Å². The van der Waals surface area contributed by atoms with Crippen LogP contribution in [0.2, 0.25) is 0 Å². The number of carbonyl (C=O) groups excluding carboxylic acids is 2. The number of halogens is 1. The Morgan fingerprint density at radius 2 is 1.61 bits per heavy atom. The molecule has 2 amide bonds. The van der Waals surface area contributed by atoms with Crippen molar-refractivity contribution < 1.29 is 18.7 Å². The molecule has 0 bridgehead atoms. The number of para-hydroxylation sites is 1. The van der Waals surface area contributed by atoms with Gasteiger partial charge in [-0.2, -0.15) is 0 Å². The average molecular weight is 384 g/mol. The summed E-state index contributed by atoms with van der Waals surface area (Å²) in [7, 11) is 1.54. The maximum absolute atomic E-state index is 13.8. The van der Waals surface area contributed by atoms with Crippen LogP contribution in [-0.2, 0) is 11.2 Å². The van der Waals surface area contributed by atoms with Crippen molar-refractivity contribution in [2.45, 2.75) is 13.3 Å². The molecule has 0 aromatic heterocycles. The Labute approximate surface area is 164 Å². The summed E-state index contributed by atoms with van der Waals surface area (Å²) < 4.78 is 19.1. The van der Waals surface area contributed by atoms with Crippen LogP contribution < -0.4 is 4.74 Å². The lowest BCUT2D eigenvalue weighted by atomic mass is 9.99. The largest absolute Gasteiger partial charge is 0.496 e. The normalized spacial score (nSPS) is 15.2. The summed E-state index contributed by atoms with van der Waals surface area (Å²) in [5.41, 5.74) is 1.08. The minimum Gasteiger partial charge on any atom is -0.496 e. The predicted molar refractivity (Wildman–Crippen MR) is 105 cm³/mol. The van der Waals surface area contributed by atoms with Crippen molar-refractivity contribution in [2.24, 2.45) is 5.92 Å². The Balaban J connectivity index is 1.58. The first-order chi connectivity index (χ1) is 13.5. The minimum absolute atomic E-state index is 0.00681. The van der Waals surface area contributed by atoms with Crippen molar-refractivity contribution in [2.75, 3.05) is 33.3 Å². The van der Waals surface area contributed by atoms with Crippen molar-refractivity contribution in [3.63, 3.8) is 0 Å². The fourth-order valence-corrected chi connectivity index (χ4v) is 3.51. The Hall–Kier alpha value is -2.89. The number of rotatable bonds is 5. The summed E-state index contributed by atoms with van der Waals surface area (Å²) in [6, 6.07) is 13.7. The molecule has 0 radical (unpaired) electrons. The highest BCUT2D eigenvalue weighted by atomic mass is 19.1. The first-order valence-electron chi connectivity index (χ1n) is 9.45. The Morgan fingerprint density at radius 3 is 2.29 bits per heavy atom. The fraction of sp³-hybridized carbons (Fsp3) is 0.364. The maximum Gasteiger partial charge on any atom is 0.257 e. The molecule has 1 aliphatic rings. The van der Waals surface area contributed by atoms with E-state index in [2.05, 4.69) is 0 Å². The van der Waals surface area contributed by atoms with Gasteiger partial charge in [0.05, 0.1) is 12.7 Å². The van der Waals surface area contributed by atoms with Gasteiger partial charge in [-0.25, -0.2) is 4.39 Å². The van der Waals surface area contributed by atoms with Crippen LogP contribution in [0.5, 0.6) is 5.75 Å². The standard InChI is InChI=1S/C22H25FN2O3/c1-16(15-17-7-3-5-9-19(17)23)21(26)24-11-13-25(14-12-24)22(27)18-8-4-6-10-20(18)28-2/h3-10,16H,11-15H2,1-2H3. The molecule has 3 rings (SSSR count). The topological polar surface area (TPSA) is 49.9 Å². The highest BCUT2D eigenvalue weighted by Gasteiger charge is 2.28. The van der Waals surface area contributed by atoms with Gasteiger partial charge >= 0.3 is 0 Å². The van der Waals surface area contributed by atoms with E-state index in [9.17, 15) is 14.0 Å². The molecule has 0 N–H and O–H groups in total. The molecule has 1 atom stereocenters. The fourth-order valence-electron chi connectivity index (χ4n) is 3.51. The van der Waals surface area contributed by atoms with E-state index in [0.29, 0.717) is 49.5 Å². The Kier molecular flexibility index (Phi) is 6.29. The number of amides is 2. The van der Waals surface area contributed by atoms with Crippen LogP contribution in [0.4, 0.5) is 4.39 Å². The van der Waals surface area contributed by atoms with Gasteiger partial charge in [0.2, 0.25) is 5.91 Å². The van der Waals surface area contributed by atoms with Gasteiger partial charge < -0.3 is 14.5 Å². The van der Waals surface area contributed by atoms with Crippen molar-refractivity contribution in [3.8, 4) is 5.75 Å². The molecule has 0 aliphatic carbocycles. The first-order valence-corrected chi connectivity index (χ1v) is 9.45. The van der Waals surface area contributed by atoms with E-state index in [1.54, 1.807) is 53.3 Å². The van der Waals surface area contributed by atoms with Gasteiger partial charge in [-0.3, -0.25) is 9.59 Å². The zero-order valence-corrected chi connectivity index (χ0v) is 16.2. The highest BCUT2D eigenvalue weighted by molar-refractivity contribution is 5.97. The molecule has 6 heteroatoms. The summed E-state index contributed by atoms with van der Waals surface area (Å²) >= 11 is 0. The van der Waals surface area contributed by atoms with E-state index < -0.39 is 0 Å². The molecule has 0 spiro atoms. The number of benzene rings is 2. The molecule has 1 aliphatic heterocycles. The molecule has 1 heterocycles. The number of carbonyl (C=O) groups is 2. The summed E-state index contributed by atoms with van der Waals surface area (Å²) in [6.45, 7) is 3.70. The van der Waals surface area contributed by atoms with Crippen LogP contribution in [0, 0.1) is 11.7 Å². The van der Waals surface area contributed by atoms with Gasteiger partial charge in [0.25, 0.3) is 5.91 Å². The summed E-state index contributed by atoms with van der Waals surface area (Å²) in [4.78, 5) is 29.0. The molecular formula is C22H25FN2O3. The second kappa shape index (κ2) is 8.87. The number of nitrogens with zero attached hydrogens (tertiary/aromatic N) is 2. The third-order valence-corrected chi connectivity index (χ3v) is 5.12. The smallest absolute Gasteiger partial charge is 0.257 e. The van der Waals surface area contributed by atoms with E-state index in [1.807, 2.05) is 13.0 Å². The van der Waals surface area contributed by atoms with Crippen LogP contribution >= 0.6 is 0 Å². The summed E-state index contributed by atoms with van der Waals surface area (Å²) in [6.07, 6.45) is 0.367. The molecule has 5 nitrogen and oxygen atoms in total. The van der Waals surface area contributed by atoms with E-state index in [0.717, 1.165) is 0 Å². The highest BCUT2D eigenvalue weighted by Crippen LogP contribution is 2.21. The van der Waals surface area contributed by atoms with Crippen molar-refractivity contribution in [3.05, 3.63) is 65.5 Å². The molecule has 1 unspecified atom stereocenters. The van der Waals surface area contributed by atoms with Crippen LogP contribution in [0.15, 0.2) is 48.5 Å². The molecule has 28 heavy (non-hydrogen) atoms. The van der Waals surface area contributed by atoms with E-state index in [1.165, 1.54) is 6.07 Å². The zero-order valence-electron chi connectivity index (χ0n) is 16.2. The first kappa shape index (κ1) is 19.9. The number of ether oxygens (including phenoxy) is 1. The lowest BCUT2D eigenvalue weighted by molar-refractivity contribution is -0.136. The van der Waals surface area contributed by atoms with Crippen LogP contribution in [0.1, 0.15) is 22.8 Å². The molecule has 2 aromatic rings. The molecule has 2 aromatic carbocycles. The van der Waals surface area contributed by atoms with Crippen molar-refractivity contribution in [1.82, 2.24) is 9.80 Å². The summed E-state index contributed by atoms with van der Waals surface area (Å²) in [5.74, 6) is -0.149. The van der Waals surface area contributed by atoms with Crippen LogP contribution in [-0.4, -0.2) is 54.9 Å². The minimum atomic E-state index is -0.312. The number of hydrogen-bond acceptors (Lipinski definition) is 3. The van der Waals surface area contributed by atoms with Crippen molar-refractivity contribution in [1.29, 1.82) is 0 Å². The zero-order chi connectivity index (χ0) is 20.1. The van der Waals surface area contributed by atoms with E-state index in [-0.39, 0.29) is 23.5 Å². The van der Waals surface area contributed by atoms with Crippen LogP contribution in [0.25, 0.3) is 0 Å². The van der Waals surface area contributed by atoms with E-state index >= 15 is 0 Å². The SMILES string of the molecule is COc1ccccc1C(=O)N1CCN(C(=O)C(C)Cc2ccccc2F)CC1. The lowest BCUT2D eigenvalue weighted by Crippen LogP contribution is -2.52. The van der Waals surface area contributed by atoms with Gasteiger partial charge in [0.1, 0.15) is 11.6 Å². The lowest BCUT2D eigenvalue weighted by Gasteiger charge is -2.36. The maximum atomic E-state index is 13.8. The third-order valence-electron chi connectivity index (χ3n) is 5.12. The second-order valence-corrected chi connectivity index (χ2v) is 7.01. The number of piperazine rings is 1. The van der Waals surface area contributed by atoms with Gasteiger partial charge in [0.15, 0.2) is 0 Å². The second-order valence-electron chi connectivity index (χ2n) is 7.01. The van der Waals surface area contributed by atoms with Crippen molar-refractivity contribution >= 4 is 11.8 Å². The number of methoxy groups -OCH3 is 1. The molecule has 148 valence electrons. The number of hydrogen-bond donors (Lipinski definition) is 0. The average Bonchev–Trinajstić information content (AvgIpc) is 2.74.